The van der Waals surface area contributed by atoms with E-state index in [1.807, 2.05) is 24.3 Å². The van der Waals surface area contributed by atoms with Crippen LogP contribution < -0.4 is 14.9 Å². The van der Waals surface area contributed by atoms with Gasteiger partial charge in [0.05, 0.1) is 16.8 Å². The normalized spacial score (nSPS) is 11.7. The van der Waals surface area contributed by atoms with Crippen LogP contribution in [0, 0.1) is 0 Å². The highest BCUT2D eigenvalue weighted by Gasteiger charge is 2.12. The number of rotatable bonds is 9. The molecule has 0 aromatic heterocycles. The number of nitrogens with one attached hydrogen (secondary N) is 1. The fraction of sp³-hybridized carbons (Fsp3) is 0.192. The first-order chi connectivity index (χ1) is 16.0. The standard InChI is InChI=1S/C26H25ClN2O4/c1-3-18(2)20-10-14-21(15-11-20)32-17-25(30)29-28-16-19-8-12-22(13-9-19)33-26(31)23-6-4-5-7-24(23)27/h4-16,18H,3,17H2,1-2H3,(H,29,30). The molecule has 0 saturated carbocycles. The molecule has 3 rings (SSSR count). The fourth-order valence-corrected chi connectivity index (χ4v) is 3.11. The molecule has 3 aromatic rings. The van der Waals surface area contributed by atoms with Crippen LogP contribution in [0.2, 0.25) is 5.02 Å². The summed E-state index contributed by atoms with van der Waals surface area (Å²) in [6.07, 6.45) is 2.55. The van der Waals surface area contributed by atoms with E-state index in [0.717, 1.165) is 12.0 Å². The van der Waals surface area contributed by atoms with Crippen molar-refractivity contribution in [2.45, 2.75) is 26.2 Å². The van der Waals surface area contributed by atoms with Crippen LogP contribution >= 0.6 is 11.6 Å². The van der Waals surface area contributed by atoms with Crippen molar-refractivity contribution in [1.82, 2.24) is 5.43 Å². The lowest BCUT2D eigenvalue weighted by molar-refractivity contribution is -0.123. The third-order valence-electron chi connectivity index (χ3n) is 5.02. The highest BCUT2D eigenvalue weighted by molar-refractivity contribution is 6.33. The minimum Gasteiger partial charge on any atom is -0.484 e. The molecule has 1 unspecified atom stereocenters. The number of ether oxygens (including phenoxy) is 2. The van der Waals surface area contributed by atoms with Crippen molar-refractivity contribution in [1.29, 1.82) is 0 Å². The van der Waals surface area contributed by atoms with Crippen LogP contribution in [0.5, 0.6) is 11.5 Å². The van der Waals surface area contributed by atoms with Crippen molar-refractivity contribution < 1.29 is 19.1 Å². The second-order valence-corrected chi connectivity index (χ2v) is 7.81. The Kier molecular flexibility index (Phi) is 8.61. The van der Waals surface area contributed by atoms with E-state index in [1.54, 1.807) is 48.5 Å². The number of esters is 1. The second-order valence-electron chi connectivity index (χ2n) is 7.40. The van der Waals surface area contributed by atoms with Crippen LogP contribution in [0.25, 0.3) is 0 Å². The molecule has 7 heteroatoms. The molecule has 0 heterocycles. The zero-order chi connectivity index (χ0) is 23.6. The van der Waals surface area contributed by atoms with Crippen LogP contribution in [0.3, 0.4) is 0 Å². The molecule has 1 N–H and O–H groups in total. The quantitative estimate of drug-likeness (QED) is 0.193. The van der Waals surface area contributed by atoms with Gasteiger partial charge in [-0.15, -0.1) is 0 Å². The molecular formula is C26H25ClN2O4. The number of hydrogen-bond acceptors (Lipinski definition) is 5. The van der Waals surface area contributed by atoms with E-state index >= 15 is 0 Å². The van der Waals surface area contributed by atoms with Gasteiger partial charge in [0.15, 0.2) is 6.61 Å². The van der Waals surface area contributed by atoms with Gasteiger partial charge in [0.1, 0.15) is 11.5 Å². The van der Waals surface area contributed by atoms with Crippen LogP contribution in [-0.2, 0) is 4.79 Å². The summed E-state index contributed by atoms with van der Waals surface area (Å²) < 4.78 is 10.8. The van der Waals surface area contributed by atoms with E-state index in [0.29, 0.717) is 28.0 Å². The molecule has 1 amide bonds. The van der Waals surface area contributed by atoms with Crippen molar-refractivity contribution in [3.8, 4) is 11.5 Å². The van der Waals surface area contributed by atoms with Crippen molar-refractivity contribution in [3.05, 3.63) is 94.5 Å². The fourth-order valence-electron chi connectivity index (χ4n) is 2.90. The maximum Gasteiger partial charge on any atom is 0.345 e. The first kappa shape index (κ1) is 24.0. The number of hydrogen-bond donors (Lipinski definition) is 1. The largest absolute Gasteiger partial charge is 0.484 e. The molecule has 33 heavy (non-hydrogen) atoms. The molecule has 3 aromatic carbocycles. The number of nitrogens with zero attached hydrogens (tertiary/aromatic N) is 1. The Balaban J connectivity index is 1.44. The van der Waals surface area contributed by atoms with Crippen molar-refractivity contribution in [2.75, 3.05) is 6.61 Å². The number of carbonyl (C=O) groups is 2. The van der Waals surface area contributed by atoms with E-state index in [2.05, 4.69) is 24.4 Å². The summed E-state index contributed by atoms with van der Waals surface area (Å²) in [6.45, 7) is 4.17. The van der Waals surface area contributed by atoms with Gasteiger partial charge in [0, 0.05) is 0 Å². The third-order valence-corrected chi connectivity index (χ3v) is 5.35. The molecule has 0 saturated heterocycles. The minimum absolute atomic E-state index is 0.142. The van der Waals surface area contributed by atoms with Gasteiger partial charge in [-0.1, -0.05) is 49.7 Å². The number of amides is 1. The van der Waals surface area contributed by atoms with E-state index in [-0.39, 0.29) is 12.5 Å². The molecule has 170 valence electrons. The van der Waals surface area contributed by atoms with E-state index < -0.39 is 5.97 Å². The van der Waals surface area contributed by atoms with Crippen LogP contribution in [0.4, 0.5) is 0 Å². The lowest BCUT2D eigenvalue weighted by Gasteiger charge is -2.10. The summed E-state index contributed by atoms with van der Waals surface area (Å²) in [4.78, 5) is 24.1. The zero-order valence-corrected chi connectivity index (χ0v) is 19.2. The summed E-state index contributed by atoms with van der Waals surface area (Å²) in [5, 5.41) is 4.25. The van der Waals surface area contributed by atoms with Gasteiger partial charge in [-0.05, 0) is 72.0 Å². The van der Waals surface area contributed by atoms with Gasteiger partial charge < -0.3 is 9.47 Å². The molecule has 6 nitrogen and oxygen atoms in total. The van der Waals surface area contributed by atoms with Crippen LogP contribution in [0.15, 0.2) is 77.9 Å². The van der Waals surface area contributed by atoms with Gasteiger partial charge in [0.2, 0.25) is 0 Å². The summed E-state index contributed by atoms with van der Waals surface area (Å²) in [5.41, 5.74) is 4.67. The maximum atomic E-state index is 12.2. The lowest BCUT2D eigenvalue weighted by Crippen LogP contribution is -2.24. The number of carbonyl (C=O) groups excluding carboxylic acids is 2. The van der Waals surface area contributed by atoms with Gasteiger partial charge >= 0.3 is 5.97 Å². The van der Waals surface area contributed by atoms with E-state index in [9.17, 15) is 9.59 Å². The van der Waals surface area contributed by atoms with Gasteiger partial charge in [-0.25, -0.2) is 10.2 Å². The van der Waals surface area contributed by atoms with Gasteiger partial charge in [0.25, 0.3) is 5.91 Å². The molecule has 0 aliphatic rings. The molecule has 0 spiro atoms. The average molecular weight is 465 g/mol. The SMILES string of the molecule is CCC(C)c1ccc(OCC(=O)NN=Cc2ccc(OC(=O)c3ccccc3Cl)cc2)cc1. The summed E-state index contributed by atoms with van der Waals surface area (Å²) in [5.74, 6) is 0.573. The number of halogens is 1. The minimum atomic E-state index is -0.538. The first-order valence-corrected chi connectivity index (χ1v) is 11.0. The Morgan fingerprint density at radius 1 is 1.00 bits per heavy atom. The summed E-state index contributed by atoms with van der Waals surface area (Å²) in [6, 6.07) is 21.1. The Hall–Kier alpha value is -3.64. The van der Waals surface area contributed by atoms with Crippen molar-refractivity contribution in [2.24, 2.45) is 5.10 Å². The van der Waals surface area contributed by atoms with E-state index in [4.69, 9.17) is 21.1 Å². The van der Waals surface area contributed by atoms with Crippen LogP contribution in [-0.4, -0.2) is 24.7 Å². The van der Waals surface area contributed by atoms with Gasteiger partial charge in [-0.2, -0.15) is 5.10 Å². The zero-order valence-electron chi connectivity index (χ0n) is 18.5. The smallest absolute Gasteiger partial charge is 0.345 e. The third kappa shape index (κ3) is 7.19. The van der Waals surface area contributed by atoms with Gasteiger partial charge in [-0.3, -0.25) is 4.79 Å². The monoisotopic (exact) mass is 464 g/mol. The molecule has 1 atom stereocenters. The first-order valence-electron chi connectivity index (χ1n) is 10.6. The Morgan fingerprint density at radius 2 is 1.67 bits per heavy atom. The topological polar surface area (TPSA) is 77.0 Å². The Morgan fingerprint density at radius 3 is 2.33 bits per heavy atom. The predicted octanol–water partition coefficient (Wildman–Crippen LogP) is 5.60. The van der Waals surface area contributed by atoms with Crippen LogP contribution in [0.1, 0.15) is 47.7 Å². The van der Waals surface area contributed by atoms with E-state index in [1.165, 1.54) is 11.8 Å². The highest BCUT2D eigenvalue weighted by atomic mass is 35.5. The van der Waals surface area contributed by atoms with Crippen molar-refractivity contribution in [3.63, 3.8) is 0 Å². The Bertz CT molecular complexity index is 1110. The molecular weight excluding hydrogens is 440 g/mol. The Labute approximate surface area is 198 Å². The van der Waals surface area contributed by atoms with Crippen molar-refractivity contribution >= 4 is 29.7 Å². The average Bonchev–Trinajstić information content (AvgIpc) is 2.84. The number of benzene rings is 3. The molecule has 0 radical (unpaired) electrons. The summed E-state index contributed by atoms with van der Waals surface area (Å²) in [7, 11) is 0. The lowest BCUT2D eigenvalue weighted by atomic mass is 9.99. The molecule has 0 fully saturated rings. The molecule has 0 bridgehead atoms. The molecule has 0 aliphatic carbocycles. The second kappa shape index (κ2) is 11.8. The maximum absolute atomic E-state index is 12.2. The summed E-state index contributed by atoms with van der Waals surface area (Å²) >= 11 is 6.01. The highest BCUT2D eigenvalue weighted by Crippen LogP contribution is 2.21. The molecule has 0 aliphatic heterocycles. The number of hydrazone groups is 1. The predicted molar refractivity (Wildman–Crippen MR) is 129 cm³/mol.